The van der Waals surface area contributed by atoms with E-state index in [1.165, 1.54) is 16.7 Å². The number of piperazine rings is 1. The first-order valence-corrected chi connectivity index (χ1v) is 7.37. The normalized spacial score (nSPS) is 19.9. The van der Waals surface area contributed by atoms with Gasteiger partial charge in [0.2, 0.25) is 0 Å². The molecule has 1 saturated heterocycles. The predicted octanol–water partition coefficient (Wildman–Crippen LogP) is 3.14. The third kappa shape index (κ3) is 3.27. The van der Waals surface area contributed by atoms with E-state index in [4.69, 9.17) is 0 Å². The zero-order valence-corrected chi connectivity index (χ0v) is 12.0. The first kappa shape index (κ1) is 13.3. The highest BCUT2D eigenvalue weighted by molar-refractivity contribution is 5.22. The van der Waals surface area contributed by atoms with E-state index >= 15 is 0 Å². The highest BCUT2D eigenvalue weighted by Crippen LogP contribution is 2.18. The molecule has 2 aromatic rings. The molecular weight excluding hydrogens is 244 g/mol. The fraction of sp³-hybridized carbons (Fsp3) is 0.333. The summed E-state index contributed by atoms with van der Waals surface area (Å²) in [6, 6.07) is 20.1. The molecule has 0 amide bonds. The molecule has 2 aromatic carbocycles. The molecule has 2 nitrogen and oxygen atoms in total. The van der Waals surface area contributed by atoms with Gasteiger partial charge in [-0.05, 0) is 18.1 Å². The molecule has 1 atom stereocenters. The van der Waals surface area contributed by atoms with Crippen molar-refractivity contribution < 1.29 is 0 Å². The lowest BCUT2D eigenvalue weighted by atomic mass is 10.0. The molecule has 0 bridgehead atoms. The second kappa shape index (κ2) is 6.21. The van der Waals surface area contributed by atoms with Crippen LogP contribution in [0.25, 0.3) is 0 Å². The van der Waals surface area contributed by atoms with E-state index in [1.807, 2.05) is 0 Å². The molecule has 0 spiro atoms. The van der Waals surface area contributed by atoms with E-state index in [2.05, 4.69) is 71.7 Å². The monoisotopic (exact) mass is 266 g/mol. The molecule has 0 saturated carbocycles. The van der Waals surface area contributed by atoms with Crippen LogP contribution in [-0.2, 0) is 6.54 Å². The molecule has 0 aliphatic carbocycles. The molecule has 1 aliphatic heterocycles. The first-order valence-electron chi connectivity index (χ1n) is 7.37. The van der Waals surface area contributed by atoms with Crippen molar-refractivity contribution in [2.75, 3.05) is 19.6 Å². The summed E-state index contributed by atoms with van der Waals surface area (Å²) in [5.41, 5.74) is 4.13. The molecule has 1 fully saturated rings. The molecule has 104 valence electrons. The summed E-state index contributed by atoms with van der Waals surface area (Å²) in [4.78, 5) is 2.54. The van der Waals surface area contributed by atoms with Crippen molar-refractivity contribution in [3.63, 3.8) is 0 Å². The van der Waals surface area contributed by atoms with Crippen LogP contribution < -0.4 is 5.32 Å². The molecule has 20 heavy (non-hydrogen) atoms. The number of benzene rings is 2. The highest BCUT2D eigenvalue weighted by Gasteiger charge is 2.20. The van der Waals surface area contributed by atoms with Crippen LogP contribution in [0.5, 0.6) is 0 Å². The van der Waals surface area contributed by atoms with Crippen molar-refractivity contribution in [2.45, 2.75) is 19.5 Å². The van der Waals surface area contributed by atoms with Crippen LogP contribution in [0.3, 0.4) is 0 Å². The van der Waals surface area contributed by atoms with Crippen LogP contribution in [-0.4, -0.2) is 24.5 Å². The molecule has 2 heteroatoms. The Bertz CT molecular complexity index is 533. The number of rotatable bonds is 3. The van der Waals surface area contributed by atoms with Gasteiger partial charge in [-0.1, -0.05) is 60.2 Å². The predicted molar refractivity (Wildman–Crippen MR) is 83.6 cm³/mol. The van der Waals surface area contributed by atoms with Crippen molar-refractivity contribution >= 4 is 0 Å². The van der Waals surface area contributed by atoms with Crippen molar-refractivity contribution in [3.8, 4) is 0 Å². The van der Waals surface area contributed by atoms with Gasteiger partial charge in [0.05, 0.1) is 0 Å². The van der Waals surface area contributed by atoms with Gasteiger partial charge in [-0.2, -0.15) is 0 Å². The number of aryl methyl sites for hydroxylation is 1. The minimum Gasteiger partial charge on any atom is -0.308 e. The lowest BCUT2D eigenvalue weighted by molar-refractivity contribution is 0.193. The fourth-order valence-electron chi connectivity index (χ4n) is 2.81. The minimum absolute atomic E-state index is 0.454. The van der Waals surface area contributed by atoms with E-state index in [0.29, 0.717) is 6.04 Å². The minimum atomic E-state index is 0.454. The van der Waals surface area contributed by atoms with Crippen molar-refractivity contribution in [1.29, 1.82) is 0 Å². The molecule has 0 aromatic heterocycles. The van der Waals surface area contributed by atoms with Gasteiger partial charge in [0.15, 0.2) is 0 Å². The Labute approximate surface area is 121 Å². The van der Waals surface area contributed by atoms with E-state index in [0.717, 1.165) is 26.2 Å². The van der Waals surface area contributed by atoms with Crippen LogP contribution >= 0.6 is 0 Å². The zero-order chi connectivity index (χ0) is 13.8. The van der Waals surface area contributed by atoms with Gasteiger partial charge in [-0.15, -0.1) is 0 Å². The van der Waals surface area contributed by atoms with E-state index in [1.54, 1.807) is 0 Å². The first-order chi connectivity index (χ1) is 9.81. The molecule has 1 heterocycles. The third-order valence-corrected chi connectivity index (χ3v) is 3.99. The standard InChI is InChI=1S/C18H22N2/c1-15-7-9-16(10-8-15)13-20-12-11-19-18(14-20)17-5-3-2-4-6-17/h2-10,18-19H,11-14H2,1H3. The summed E-state index contributed by atoms with van der Waals surface area (Å²) in [6.07, 6.45) is 0. The van der Waals surface area contributed by atoms with Gasteiger partial charge in [0, 0.05) is 32.2 Å². The maximum absolute atomic E-state index is 3.62. The number of hydrogen-bond donors (Lipinski definition) is 1. The smallest absolute Gasteiger partial charge is 0.0449 e. The Morgan fingerprint density at radius 1 is 1.05 bits per heavy atom. The topological polar surface area (TPSA) is 15.3 Å². The third-order valence-electron chi connectivity index (χ3n) is 3.99. The van der Waals surface area contributed by atoms with Crippen molar-refractivity contribution in [2.24, 2.45) is 0 Å². The van der Waals surface area contributed by atoms with Gasteiger partial charge < -0.3 is 5.32 Å². The summed E-state index contributed by atoms with van der Waals surface area (Å²) in [5, 5.41) is 3.62. The van der Waals surface area contributed by atoms with Crippen molar-refractivity contribution in [1.82, 2.24) is 10.2 Å². The lowest BCUT2D eigenvalue weighted by Gasteiger charge is -2.34. The highest BCUT2D eigenvalue weighted by atomic mass is 15.2. The summed E-state index contributed by atoms with van der Waals surface area (Å²) in [5.74, 6) is 0. The summed E-state index contributed by atoms with van der Waals surface area (Å²) in [6.45, 7) is 6.45. The summed E-state index contributed by atoms with van der Waals surface area (Å²) < 4.78 is 0. The van der Waals surface area contributed by atoms with E-state index in [-0.39, 0.29) is 0 Å². The van der Waals surface area contributed by atoms with Gasteiger partial charge in [-0.3, -0.25) is 4.90 Å². The maximum Gasteiger partial charge on any atom is 0.0449 e. The largest absolute Gasteiger partial charge is 0.308 e. The lowest BCUT2D eigenvalue weighted by Crippen LogP contribution is -2.45. The van der Waals surface area contributed by atoms with Gasteiger partial charge >= 0.3 is 0 Å². The Morgan fingerprint density at radius 3 is 2.55 bits per heavy atom. The molecule has 1 N–H and O–H groups in total. The van der Waals surface area contributed by atoms with Crippen molar-refractivity contribution in [3.05, 3.63) is 71.3 Å². The van der Waals surface area contributed by atoms with Crippen LogP contribution in [0.15, 0.2) is 54.6 Å². The van der Waals surface area contributed by atoms with Gasteiger partial charge in [0.1, 0.15) is 0 Å². The average Bonchev–Trinajstić information content (AvgIpc) is 2.51. The molecular formula is C18H22N2. The average molecular weight is 266 g/mol. The Balaban J connectivity index is 1.65. The van der Waals surface area contributed by atoms with Gasteiger partial charge in [0.25, 0.3) is 0 Å². The fourth-order valence-corrected chi connectivity index (χ4v) is 2.81. The SMILES string of the molecule is Cc1ccc(CN2CCNC(c3ccccc3)C2)cc1. The maximum atomic E-state index is 3.62. The van der Waals surface area contributed by atoms with Crippen LogP contribution in [0, 0.1) is 6.92 Å². The van der Waals surface area contributed by atoms with Crippen LogP contribution in [0.4, 0.5) is 0 Å². The number of hydrogen-bond acceptors (Lipinski definition) is 2. The van der Waals surface area contributed by atoms with Gasteiger partial charge in [-0.25, -0.2) is 0 Å². The quantitative estimate of drug-likeness (QED) is 0.918. The zero-order valence-electron chi connectivity index (χ0n) is 12.0. The molecule has 0 radical (unpaired) electrons. The van der Waals surface area contributed by atoms with Crippen LogP contribution in [0.1, 0.15) is 22.7 Å². The van der Waals surface area contributed by atoms with E-state index in [9.17, 15) is 0 Å². The Kier molecular flexibility index (Phi) is 4.14. The molecule has 3 rings (SSSR count). The Hall–Kier alpha value is -1.64. The second-order valence-electron chi connectivity index (χ2n) is 5.64. The number of nitrogens with zero attached hydrogens (tertiary/aromatic N) is 1. The summed E-state index contributed by atoms with van der Waals surface area (Å²) in [7, 11) is 0. The number of nitrogens with one attached hydrogen (secondary N) is 1. The van der Waals surface area contributed by atoms with E-state index < -0.39 is 0 Å². The van der Waals surface area contributed by atoms with Crippen LogP contribution in [0.2, 0.25) is 0 Å². The molecule has 1 aliphatic rings. The molecule has 1 unspecified atom stereocenters. The second-order valence-corrected chi connectivity index (χ2v) is 5.64. The summed E-state index contributed by atoms with van der Waals surface area (Å²) >= 11 is 0. The Morgan fingerprint density at radius 2 is 1.80 bits per heavy atom.